The van der Waals surface area contributed by atoms with Crippen molar-refractivity contribution in [2.75, 3.05) is 0 Å². The number of aryl methyl sites for hydroxylation is 1. The molecule has 6 nitrogen and oxygen atoms in total. The molecule has 14 heavy (non-hydrogen) atoms. The fourth-order valence-corrected chi connectivity index (χ4v) is 1.80. The van der Waals surface area contributed by atoms with Crippen molar-refractivity contribution in [2.24, 2.45) is 0 Å². The molecular weight excluding hydrogens is 210 g/mol. The summed E-state index contributed by atoms with van der Waals surface area (Å²) in [6, 6.07) is 3.71. The van der Waals surface area contributed by atoms with Crippen LogP contribution in [0, 0.1) is 17.0 Å². The van der Waals surface area contributed by atoms with Crippen LogP contribution in [0.5, 0.6) is 0 Å². The highest BCUT2D eigenvalue weighted by atomic mass is 32.2. The molecule has 0 saturated carbocycles. The first-order valence-electron chi connectivity index (χ1n) is 3.55. The Morgan fingerprint density at radius 2 is 2.00 bits per heavy atom. The first-order chi connectivity index (χ1) is 6.34. The van der Waals surface area contributed by atoms with Gasteiger partial charge in [0.15, 0.2) is 4.90 Å². The number of para-hydroxylation sites is 1. The molecule has 0 radical (unpaired) electrons. The van der Waals surface area contributed by atoms with Crippen molar-refractivity contribution in [3.63, 3.8) is 0 Å². The van der Waals surface area contributed by atoms with E-state index >= 15 is 0 Å². The van der Waals surface area contributed by atoms with Crippen molar-refractivity contribution in [1.82, 2.24) is 0 Å². The van der Waals surface area contributed by atoms with Gasteiger partial charge in [0.25, 0.3) is 5.69 Å². The first-order valence-corrected chi connectivity index (χ1v) is 4.99. The normalized spacial score (nSPS) is 11.3. The SMILES string of the molecule is Cc1cccc(S(=O)(=O)O)c1[N+](=O)[O-]. The van der Waals surface area contributed by atoms with Gasteiger partial charge in [0.05, 0.1) is 4.92 Å². The second kappa shape index (κ2) is 3.35. The lowest BCUT2D eigenvalue weighted by molar-refractivity contribution is -0.388. The lowest BCUT2D eigenvalue weighted by Gasteiger charge is -2.01. The van der Waals surface area contributed by atoms with Gasteiger partial charge in [0, 0.05) is 5.56 Å². The summed E-state index contributed by atoms with van der Waals surface area (Å²) >= 11 is 0. The van der Waals surface area contributed by atoms with Crippen LogP contribution in [0.3, 0.4) is 0 Å². The fourth-order valence-electron chi connectivity index (χ4n) is 1.07. The highest BCUT2D eigenvalue weighted by Crippen LogP contribution is 2.26. The van der Waals surface area contributed by atoms with E-state index in [1.165, 1.54) is 19.1 Å². The van der Waals surface area contributed by atoms with E-state index in [2.05, 4.69) is 0 Å². The Bertz CT molecular complexity index is 479. The van der Waals surface area contributed by atoms with Gasteiger partial charge in [-0.05, 0) is 13.0 Å². The minimum Gasteiger partial charge on any atom is -0.282 e. The molecule has 76 valence electrons. The van der Waals surface area contributed by atoms with Crippen molar-refractivity contribution >= 4 is 15.8 Å². The average Bonchev–Trinajstić information content (AvgIpc) is 2.01. The molecule has 0 heterocycles. The molecule has 1 N–H and O–H groups in total. The molecule has 0 aliphatic carbocycles. The van der Waals surface area contributed by atoms with Crippen LogP contribution < -0.4 is 0 Å². The Morgan fingerprint density at radius 1 is 1.43 bits per heavy atom. The van der Waals surface area contributed by atoms with Crippen molar-refractivity contribution < 1.29 is 17.9 Å². The molecule has 0 spiro atoms. The van der Waals surface area contributed by atoms with E-state index in [1.807, 2.05) is 0 Å². The van der Waals surface area contributed by atoms with Gasteiger partial charge in [-0.15, -0.1) is 0 Å². The quantitative estimate of drug-likeness (QED) is 0.455. The van der Waals surface area contributed by atoms with Crippen molar-refractivity contribution in [1.29, 1.82) is 0 Å². The van der Waals surface area contributed by atoms with E-state index in [1.54, 1.807) is 0 Å². The summed E-state index contributed by atoms with van der Waals surface area (Å²) in [4.78, 5) is 9.01. The molecule has 1 aromatic rings. The maximum atomic E-state index is 10.8. The molecule has 0 fully saturated rings. The van der Waals surface area contributed by atoms with Crippen LogP contribution in [0.25, 0.3) is 0 Å². The van der Waals surface area contributed by atoms with Crippen LogP contribution in [0.15, 0.2) is 23.1 Å². The van der Waals surface area contributed by atoms with Crippen LogP contribution in [-0.4, -0.2) is 17.9 Å². The van der Waals surface area contributed by atoms with Gasteiger partial charge < -0.3 is 0 Å². The van der Waals surface area contributed by atoms with Crippen molar-refractivity contribution in [3.05, 3.63) is 33.9 Å². The van der Waals surface area contributed by atoms with E-state index < -0.39 is 25.6 Å². The van der Waals surface area contributed by atoms with Gasteiger partial charge >= 0.3 is 10.1 Å². The predicted octanol–water partition coefficient (Wildman–Crippen LogP) is 1.15. The van der Waals surface area contributed by atoms with E-state index in [0.29, 0.717) is 0 Å². The van der Waals surface area contributed by atoms with Gasteiger partial charge in [-0.1, -0.05) is 12.1 Å². The monoisotopic (exact) mass is 217 g/mol. The highest BCUT2D eigenvalue weighted by Gasteiger charge is 2.25. The molecule has 0 bridgehead atoms. The molecule has 1 aromatic carbocycles. The van der Waals surface area contributed by atoms with Crippen LogP contribution in [0.1, 0.15) is 5.56 Å². The number of benzene rings is 1. The topological polar surface area (TPSA) is 97.5 Å². The third-order valence-corrected chi connectivity index (χ3v) is 2.55. The lowest BCUT2D eigenvalue weighted by atomic mass is 10.2. The third kappa shape index (κ3) is 1.88. The molecule has 0 unspecified atom stereocenters. The molecule has 0 saturated heterocycles. The average molecular weight is 217 g/mol. The van der Waals surface area contributed by atoms with Crippen LogP contribution >= 0.6 is 0 Å². The summed E-state index contributed by atoms with van der Waals surface area (Å²) in [6.07, 6.45) is 0. The van der Waals surface area contributed by atoms with Gasteiger partial charge in [-0.3, -0.25) is 14.7 Å². The number of rotatable bonds is 2. The molecule has 0 aliphatic rings. The summed E-state index contributed by atoms with van der Waals surface area (Å²) in [5.74, 6) is 0. The zero-order valence-electron chi connectivity index (χ0n) is 7.17. The van der Waals surface area contributed by atoms with Gasteiger partial charge in [-0.2, -0.15) is 8.42 Å². The Hall–Kier alpha value is -1.47. The maximum absolute atomic E-state index is 10.8. The Morgan fingerprint density at radius 3 is 2.36 bits per heavy atom. The van der Waals surface area contributed by atoms with Gasteiger partial charge in [-0.25, -0.2) is 0 Å². The first kappa shape index (κ1) is 10.6. The van der Waals surface area contributed by atoms with E-state index in [9.17, 15) is 18.5 Å². The second-order valence-electron chi connectivity index (χ2n) is 2.65. The van der Waals surface area contributed by atoms with Crippen LogP contribution in [-0.2, 0) is 10.1 Å². The van der Waals surface area contributed by atoms with Crippen LogP contribution in [0.2, 0.25) is 0 Å². The second-order valence-corrected chi connectivity index (χ2v) is 4.04. The minimum atomic E-state index is -4.54. The maximum Gasteiger partial charge on any atom is 0.301 e. The van der Waals surface area contributed by atoms with Crippen molar-refractivity contribution in [2.45, 2.75) is 11.8 Å². The number of hydrogen-bond donors (Lipinski definition) is 1. The van der Waals surface area contributed by atoms with E-state index in [0.717, 1.165) is 6.07 Å². The Balaban J connectivity index is 3.61. The summed E-state index contributed by atoms with van der Waals surface area (Å²) in [7, 11) is -4.54. The Kier molecular flexibility index (Phi) is 2.54. The summed E-state index contributed by atoms with van der Waals surface area (Å²) in [5, 5.41) is 10.5. The van der Waals surface area contributed by atoms with E-state index in [-0.39, 0.29) is 5.56 Å². The third-order valence-electron chi connectivity index (χ3n) is 1.66. The molecule has 0 atom stereocenters. The molecule has 0 aromatic heterocycles. The predicted molar refractivity (Wildman–Crippen MR) is 47.6 cm³/mol. The number of nitro groups is 1. The number of nitrogens with zero attached hydrogens (tertiary/aromatic N) is 1. The summed E-state index contributed by atoms with van der Waals surface area (Å²) < 4.78 is 30.2. The smallest absolute Gasteiger partial charge is 0.282 e. The standard InChI is InChI=1S/C7H7NO5S/c1-5-3-2-4-6(14(11,12)13)7(5)8(9)10/h2-4H,1H3,(H,11,12,13). The molecule has 7 heteroatoms. The van der Waals surface area contributed by atoms with Gasteiger partial charge in [0.1, 0.15) is 0 Å². The molecule has 1 rings (SSSR count). The summed E-state index contributed by atoms with van der Waals surface area (Å²) in [5.41, 5.74) is -0.403. The van der Waals surface area contributed by atoms with Crippen LogP contribution in [0.4, 0.5) is 5.69 Å². The zero-order chi connectivity index (χ0) is 10.9. The fraction of sp³-hybridized carbons (Fsp3) is 0.143. The van der Waals surface area contributed by atoms with Crippen molar-refractivity contribution in [3.8, 4) is 0 Å². The molecule has 0 aliphatic heterocycles. The Labute approximate surface area is 80.1 Å². The minimum absolute atomic E-state index is 0.185. The van der Waals surface area contributed by atoms with Gasteiger partial charge in [0.2, 0.25) is 0 Å². The highest BCUT2D eigenvalue weighted by molar-refractivity contribution is 7.86. The molecule has 0 amide bonds. The number of nitro benzene ring substituents is 1. The lowest BCUT2D eigenvalue weighted by Crippen LogP contribution is -2.04. The van der Waals surface area contributed by atoms with E-state index in [4.69, 9.17) is 4.55 Å². The zero-order valence-corrected chi connectivity index (χ0v) is 7.98. The number of hydrogen-bond acceptors (Lipinski definition) is 4. The largest absolute Gasteiger partial charge is 0.301 e. The molecular formula is C7H7NO5S. The summed E-state index contributed by atoms with van der Waals surface area (Å²) in [6.45, 7) is 1.40.